The lowest BCUT2D eigenvalue weighted by Crippen LogP contribution is -2.34. The van der Waals surface area contributed by atoms with Crippen LogP contribution in [0.3, 0.4) is 0 Å². The first-order valence-corrected chi connectivity index (χ1v) is 6.51. The van der Waals surface area contributed by atoms with Crippen LogP contribution in [0.1, 0.15) is 6.92 Å². The zero-order valence-corrected chi connectivity index (χ0v) is 12.5. The van der Waals surface area contributed by atoms with E-state index in [0.717, 1.165) is 14.9 Å². The molecule has 94 valence electrons. The Morgan fingerprint density at radius 2 is 2.24 bits per heavy atom. The molecule has 0 aromatic heterocycles. The molecule has 1 atom stereocenters. The predicted octanol–water partition coefficient (Wildman–Crippen LogP) is 1.69. The number of carbonyl (C=O) groups is 1. The molecule has 1 amide bonds. The monoisotopic (exact) mass is 347 g/mol. The largest absolute Gasteiger partial charge is 0.399 e. The molecule has 0 fully saturated rings. The van der Waals surface area contributed by atoms with Gasteiger partial charge in [-0.1, -0.05) is 6.92 Å². The van der Waals surface area contributed by atoms with E-state index in [1.54, 1.807) is 7.05 Å². The number of amides is 1. The van der Waals surface area contributed by atoms with Crippen LogP contribution in [0.2, 0.25) is 0 Å². The Morgan fingerprint density at radius 3 is 2.76 bits per heavy atom. The van der Waals surface area contributed by atoms with Gasteiger partial charge in [0.15, 0.2) is 0 Å². The van der Waals surface area contributed by atoms with Crippen LogP contribution in [0.25, 0.3) is 0 Å². The van der Waals surface area contributed by atoms with Crippen LogP contribution in [-0.4, -0.2) is 26.5 Å². The third-order valence-corrected chi connectivity index (χ3v) is 3.49. The van der Waals surface area contributed by atoms with Crippen LogP contribution in [0, 0.1) is 9.49 Å². The zero-order valence-electron chi connectivity index (χ0n) is 10.3. The second-order valence-corrected chi connectivity index (χ2v) is 5.27. The average molecular weight is 347 g/mol. The SMILES string of the molecule is CNC(=O)C(C)CN(C)c1ccc(N)cc1I. The summed E-state index contributed by atoms with van der Waals surface area (Å²) in [5.41, 5.74) is 7.56. The van der Waals surface area contributed by atoms with Crippen LogP contribution in [0.5, 0.6) is 0 Å². The van der Waals surface area contributed by atoms with Crippen molar-refractivity contribution in [1.29, 1.82) is 0 Å². The van der Waals surface area contributed by atoms with Gasteiger partial charge in [-0.3, -0.25) is 4.79 Å². The topological polar surface area (TPSA) is 58.4 Å². The van der Waals surface area contributed by atoms with Crippen molar-refractivity contribution in [1.82, 2.24) is 5.32 Å². The molecule has 1 aromatic rings. The molecule has 0 radical (unpaired) electrons. The number of nitrogens with one attached hydrogen (secondary N) is 1. The molecule has 3 N–H and O–H groups in total. The first-order chi connectivity index (χ1) is 7.95. The lowest BCUT2D eigenvalue weighted by Gasteiger charge is -2.24. The number of hydrogen-bond donors (Lipinski definition) is 2. The summed E-state index contributed by atoms with van der Waals surface area (Å²) in [5.74, 6) is 0.0145. The van der Waals surface area contributed by atoms with Gasteiger partial charge in [0.1, 0.15) is 0 Å². The molecule has 5 heteroatoms. The van der Waals surface area contributed by atoms with E-state index in [1.807, 2.05) is 32.2 Å². The van der Waals surface area contributed by atoms with Gasteiger partial charge in [-0.2, -0.15) is 0 Å². The van der Waals surface area contributed by atoms with Crippen molar-refractivity contribution < 1.29 is 4.79 Å². The van der Waals surface area contributed by atoms with Gasteiger partial charge in [0.2, 0.25) is 5.91 Å². The normalized spacial score (nSPS) is 12.0. The van der Waals surface area contributed by atoms with Crippen molar-refractivity contribution in [2.24, 2.45) is 5.92 Å². The highest BCUT2D eigenvalue weighted by Gasteiger charge is 2.15. The summed E-state index contributed by atoms with van der Waals surface area (Å²) >= 11 is 2.25. The van der Waals surface area contributed by atoms with E-state index in [9.17, 15) is 4.79 Å². The summed E-state index contributed by atoms with van der Waals surface area (Å²) in [5, 5.41) is 2.66. The maximum absolute atomic E-state index is 11.5. The second-order valence-electron chi connectivity index (χ2n) is 4.11. The van der Waals surface area contributed by atoms with E-state index in [0.29, 0.717) is 6.54 Å². The molecule has 1 aromatic carbocycles. The Hall–Kier alpha value is -0.980. The van der Waals surface area contributed by atoms with Gasteiger partial charge in [0.25, 0.3) is 0 Å². The number of rotatable bonds is 4. The molecule has 0 bridgehead atoms. The van der Waals surface area contributed by atoms with Crippen molar-refractivity contribution >= 4 is 39.9 Å². The summed E-state index contributed by atoms with van der Waals surface area (Å²) in [6.07, 6.45) is 0. The number of anilines is 2. The number of carbonyl (C=O) groups excluding carboxylic acids is 1. The van der Waals surface area contributed by atoms with Crippen LogP contribution < -0.4 is 16.0 Å². The lowest BCUT2D eigenvalue weighted by molar-refractivity contribution is -0.123. The maximum Gasteiger partial charge on any atom is 0.224 e. The molecule has 0 saturated heterocycles. The van der Waals surface area contributed by atoms with Crippen molar-refractivity contribution in [3.63, 3.8) is 0 Å². The molecule has 0 aliphatic rings. The predicted molar refractivity (Wildman–Crippen MR) is 80.1 cm³/mol. The fourth-order valence-electron chi connectivity index (χ4n) is 1.67. The maximum atomic E-state index is 11.5. The van der Waals surface area contributed by atoms with Gasteiger partial charge in [0.05, 0.1) is 11.6 Å². The average Bonchev–Trinajstić information content (AvgIpc) is 2.27. The molecular weight excluding hydrogens is 329 g/mol. The van der Waals surface area contributed by atoms with Crippen LogP contribution in [-0.2, 0) is 4.79 Å². The Morgan fingerprint density at radius 1 is 1.59 bits per heavy atom. The molecule has 0 aliphatic heterocycles. The summed E-state index contributed by atoms with van der Waals surface area (Å²) in [4.78, 5) is 13.5. The fraction of sp³-hybridized carbons (Fsp3) is 0.417. The van der Waals surface area contributed by atoms with E-state index < -0.39 is 0 Å². The quantitative estimate of drug-likeness (QED) is 0.644. The van der Waals surface area contributed by atoms with Crippen LogP contribution in [0.15, 0.2) is 18.2 Å². The molecular formula is C12H18IN3O. The van der Waals surface area contributed by atoms with Crippen molar-refractivity contribution in [2.75, 3.05) is 31.3 Å². The van der Waals surface area contributed by atoms with E-state index in [2.05, 4.69) is 32.8 Å². The van der Waals surface area contributed by atoms with Gasteiger partial charge in [-0.25, -0.2) is 0 Å². The number of nitrogen functional groups attached to an aromatic ring is 1. The number of nitrogens with zero attached hydrogens (tertiary/aromatic N) is 1. The minimum atomic E-state index is -0.0432. The highest BCUT2D eigenvalue weighted by molar-refractivity contribution is 14.1. The minimum Gasteiger partial charge on any atom is -0.399 e. The van der Waals surface area contributed by atoms with Crippen molar-refractivity contribution in [2.45, 2.75) is 6.92 Å². The van der Waals surface area contributed by atoms with E-state index in [-0.39, 0.29) is 11.8 Å². The molecule has 17 heavy (non-hydrogen) atoms. The zero-order chi connectivity index (χ0) is 13.0. The van der Waals surface area contributed by atoms with Gasteiger partial charge >= 0.3 is 0 Å². The highest BCUT2D eigenvalue weighted by Crippen LogP contribution is 2.24. The van der Waals surface area contributed by atoms with Gasteiger partial charge < -0.3 is 16.0 Å². The summed E-state index contributed by atoms with van der Waals surface area (Å²) in [6.45, 7) is 2.60. The fourth-order valence-corrected chi connectivity index (χ4v) is 2.62. The molecule has 0 heterocycles. The number of benzene rings is 1. The second kappa shape index (κ2) is 6.09. The molecule has 0 aliphatic carbocycles. The summed E-state index contributed by atoms with van der Waals surface area (Å²) < 4.78 is 1.09. The third-order valence-electron chi connectivity index (χ3n) is 2.62. The molecule has 0 saturated carbocycles. The lowest BCUT2D eigenvalue weighted by atomic mass is 10.1. The van der Waals surface area contributed by atoms with E-state index >= 15 is 0 Å². The Bertz CT molecular complexity index is 409. The molecule has 4 nitrogen and oxygen atoms in total. The van der Waals surface area contributed by atoms with Crippen molar-refractivity contribution in [3.8, 4) is 0 Å². The Kier molecular flexibility index (Phi) is 5.04. The smallest absolute Gasteiger partial charge is 0.224 e. The van der Waals surface area contributed by atoms with Gasteiger partial charge in [-0.05, 0) is 40.8 Å². The summed E-state index contributed by atoms with van der Waals surface area (Å²) in [7, 11) is 3.64. The number of halogens is 1. The molecule has 1 rings (SSSR count). The highest BCUT2D eigenvalue weighted by atomic mass is 127. The van der Waals surface area contributed by atoms with E-state index in [1.165, 1.54) is 0 Å². The Labute approximate surface area is 116 Å². The van der Waals surface area contributed by atoms with Gasteiger partial charge in [0, 0.05) is 29.9 Å². The van der Waals surface area contributed by atoms with Crippen LogP contribution >= 0.6 is 22.6 Å². The third kappa shape index (κ3) is 3.76. The first-order valence-electron chi connectivity index (χ1n) is 5.43. The van der Waals surface area contributed by atoms with E-state index in [4.69, 9.17) is 5.73 Å². The molecule has 1 unspecified atom stereocenters. The number of hydrogen-bond acceptors (Lipinski definition) is 3. The molecule has 0 spiro atoms. The first kappa shape index (κ1) is 14.1. The summed E-state index contributed by atoms with van der Waals surface area (Å²) in [6, 6.07) is 5.78. The minimum absolute atomic E-state index is 0.0432. The van der Waals surface area contributed by atoms with Crippen molar-refractivity contribution in [3.05, 3.63) is 21.8 Å². The van der Waals surface area contributed by atoms with Gasteiger partial charge in [-0.15, -0.1) is 0 Å². The number of nitrogens with two attached hydrogens (primary N) is 1. The Balaban J connectivity index is 2.76. The standard InChI is InChI=1S/C12H18IN3O/c1-8(12(17)15-2)7-16(3)11-5-4-9(14)6-10(11)13/h4-6,8H,7,14H2,1-3H3,(H,15,17). The van der Waals surface area contributed by atoms with Crippen LogP contribution in [0.4, 0.5) is 11.4 Å².